The first kappa shape index (κ1) is 22.5. The molecular formula is C19H23Cl2N3O3S. The summed E-state index contributed by atoms with van der Waals surface area (Å²) in [6, 6.07) is 13.1. The molecule has 0 bridgehead atoms. The van der Waals surface area contributed by atoms with Gasteiger partial charge in [-0.3, -0.25) is 9.10 Å². The molecule has 0 radical (unpaired) electrons. The average Bonchev–Trinajstić information content (AvgIpc) is 2.68. The van der Waals surface area contributed by atoms with E-state index in [9.17, 15) is 13.2 Å². The molecule has 0 unspecified atom stereocenters. The zero-order valence-corrected chi connectivity index (χ0v) is 18.1. The minimum Gasteiger partial charge on any atom is -0.336 e. The third-order valence-electron chi connectivity index (χ3n) is 4.74. The van der Waals surface area contributed by atoms with Gasteiger partial charge in [-0.25, -0.2) is 8.42 Å². The number of hydrogen-bond donors (Lipinski definition) is 0. The normalized spacial score (nSPS) is 15.0. The molecule has 152 valence electrons. The summed E-state index contributed by atoms with van der Waals surface area (Å²) < 4.78 is 27.2. The van der Waals surface area contributed by atoms with Crippen LogP contribution in [-0.4, -0.2) is 64.4 Å². The zero-order valence-electron chi connectivity index (χ0n) is 15.7. The Bertz CT molecular complexity index is 931. The molecule has 0 atom stereocenters. The first-order chi connectivity index (χ1) is 12.8. The summed E-state index contributed by atoms with van der Waals surface area (Å²) in [5.41, 5.74) is 0.753. The molecule has 1 aliphatic heterocycles. The lowest BCUT2D eigenvalue weighted by Crippen LogP contribution is -2.47. The van der Waals surface area contributed by atoms with Crippen molar-refractivity contribution in [1.82, 2.24) is 9.80 Å². The van der Waals surface area contributed by atoms with Gasteiger partial charge in [-0.1, -0.05) is 29.8 Å². The number of nitrogens with zero attached hydrogens (tertiary/aromatic N) is 3. The van der Waals surface area contributed by atoms with E-state index in [0.717, 1.165) is 13.1 Å². The molecule has 0 saturated carbocycles. The number of hydrogen-bond acceptors (Lipinski definition) is 4. The van der Waals surface area contributed by atoms with E-state index in [2.05, 4.69) is 4.90 Å². The van der Waals surface area contributed by atoms with Gasteiger partial charge < -0.3 is 9.80 Å². The van der Waals surface area contributed by atoms with E-state index in [1.165, 1.54) is 29.6 Å². The van der Waals surface area contributed by atoms with Crippen molar-refractivity contribution in [3.8, 4) is 0 Å². The van der Waals surface area contributed by atoms with Crippen LogP contribution in [0.1, 0.15) is 10.4 Å². The van der Waals surface area contributed by atoms with Gasteiger partial charge >= 0.3 is 0 Å². The van der Waals surface area contributed by atoms with Crippen LogP contribution < -0.4 is 4.31 Å². The second kappa shape index (κ2) is 9.13. The van der Waals surface area contributed by atoms with Crippen molar-refractivity contribution in [2.75, 3.05) is 44.6 Å². The molecule has 2 aromatic carbocycles. The largest absolute Gasteiger partial charge is 0.336 e. The number of sulfonamides is 1. The van der Waals surface area contributed by atoms with E-state index in [4.69, 9.17) is 11.6 Å². The van der Waals surface area contributed by atoms with Gasteiger partial charge in [-0.05, 0) is 37.4 Å². The number of carbonyl (C=O) groups excluding carboxylic acids is 1. The highest BCUT2D eigenvalue weighted by molar-refractivity contribution is 7.92. The van der Waals surface area contributed by atoms with E-state index in [-0.39, 0.29) is 33.8 Å². The van der Waals surface area contributed by atoms with Crippen molar-refractivity contribution in [3.63, 3.8) is 0 Å². The highest BCUT2D eigenvalue weighted by Gasteiger charge is 2.26. The van der Waals surface area contributed by atoms with Gasteiger partial charge in [-0.2, -0.15) is 0 Å². The maximum Gasteiger partial charge on any atom is 0.264 e. The van der Waals surface area contributed by atoms with Crippen molar-refractivity contribution in [3.05, 3.63) is 59.1 Å². The van der Waals surface area contributed by atoms with Gasteiger partial charge in [0.25, 0.3) is 15.9 Å². The molecule has 1 heterocycles. The highest BCUT2D eigenvalue weighted by Crippen LogP contribution is 2.26. The number of benzene rings is 2. The van der Waals surface area contributed by atoms with E-state index in [0.29, 0.717) is 18.8 Å². The van der Waals surface area contributed by atoms with Gasteiger partial charge in [0.05, 0.1) is 21.2 Å². The van der Waals surface area contributed by atoms with Crippen molar-refractivity contribution >= 4 is 45.6 Å². The lowest BCUT2D eigenvalue weighted by Gasteiger charge is -2.32. The predicted octanol–water partition coefficient (Wildman–Crippen LogP) is 2.97. The van der Waals surface area contributed by atoms with Crippen LogP contribution in [0.5, 0.6) is 0 Å². The minimum absolute atomic E-state index is 0. The van der Waals surface area contributed by atoms with Crippen LogP contribution in [0.25, 0.3) is 0 Å². The highest BCUT2D eigenvalue weighted by atomic mass is 35.5. The maximum atomic E-state index is 13.0. The molecule has 0 N–H and O–H groups in total. The molecule has 1 saturated heterocycles. The fourth-order valence-electron chi connectivity index (χ4n) is 2.94. The number of amides is 1. The summed E-state index contributed by atoms with van der Waals surface area (Å²) in [5.74, 6) is -0.243. The average molecular weight is 444 g/mol. The van der Waals surface area contributed by atoms with Crippen molar-refractivity contribution in [2.24, 2.45) is 0 Å². The molecular weight excluding hydrogens is 421 g/mol. The van der Waals surface area contributed by atoms with Crippen LogP contribution in [0.15, 0.2) is 53.4 Å². The summed E-state index contributed by atoms with van der Waals surface area (Å²) >= 11 is 6.22. The number of piperazine rings is 1. The number of anilines is 1. The fourth-order valence-corrected chi connectivity index (χ4v) is 4.36. The SMILES string of the molecule is CN1CCN(C(=O)c2cc(S(=O)(=O)N(C)c3ccccc3)ccc2Cl)CC1.Cl. The van der Waals surface area contributed by atoms with Gasteiger partial charge in [0.15, 0.2) is 0 Å². The van der Waals surface area contributed by atoms with E-state index in [1.54, 1.807) is 29.2 Å². The van der Waals surface area contributed by atoms with Crippen LogP contribution in [-0.2, 0) is 10.0 Å². The summed E-state index contributed by atoms with van der Waals surface area (Å²) in [6.45, 7) is 2.73. The summed E-state index contributed by atoms with van der Waals surface area (Å²) in [7, 11) is -0.320. The molecule has 9 heteroatoms. The van der Waals surface area contributed by atoms with Gasteiger partial charge in [-0.15, -0.1) is 12.4 Å². The van der Waals surface area contributed by atoms with Crippen LogP contribution in [0.3, 0.4) is 0 Å². The third-order valence-corrected chi connectivity index (χ3v) is 6.85. The third kappa shape index (κ3) is 4.60. The predicted molar refractivity (Wildman–Crippen MR) is 114 cm³/mol. The summed E-state index contributed by atoms with van der Waals surface area (Å²) in [6.07, 6.45) is 0. The first-order valence-corrected chi connectivity index (χ1v) is 10.4. The Hall–Kier alpha value is -1.80. The summed E-state index contributed by atoms with van der Waals surface area (Å²) in [4.78, 5) is 16.7. The molecule has 3 rings (SSSR count). The van der Waals surface area contributed by atoms with E-state index >= 15 is 0 Å². The lowest BCUT2D eigenvalue weighted by atomic mass is 10.2. The van der Waals surface area contributed by atoms with Crippen LogP contribution in [0.4, 0.5) is 5.69 Å². The van der Waals surface area contributed by atoms with Crippen molar-refractivity contribution < 1.29 is 13.2 Å². The zero-order chi connectivity index (χ0) is 19.6. The molecule has 6 nitrogen and oxygen atoms in total. The Morgan fingerprint density at radius 1 is 1.04 bits per heavy atom. The topological polar surface area (TPSA) is 60.9 Å². The van der Waals surface area contributed by atoms with Crippen LogP contribution in [0, 0.1) is 0 Å². The molecule has 1 aliphatic rings. The van der Waals surface area contributed by atoms with Gasteiger partial charge in [0.1, 0.15) is 0 Å². The monoisotopic (exact) mass is 443 g/mol. The minimum atomic E-state index is -3.81. The summed E-state index contributed by atoms with van der Waals surface area (Å²) in [5, 5.41) is 0.250. The Balaban J connectivity index is 0.00000280. The molecule has 0 aliphatic carbocycles. The Labute approximate surface area is 177 Å². The van der Waals surface area contributed by atoms with E-state index in [1.807, 2.05) is 13.1 Å². The van der Waals surface area contributed by atoms with Crippen LogP contribution in [0.2, 0.25) is 5.02 Å². The quantitative estimate of drug-likeness (QED) is 0.728. The van der Waals surface area contributed by atoms with Crippen LogP contribution >= 0.6 is 24.0 Å². The molecule has 0 aromatic heterocycles. The van der Waals surface area contributed by atoms with E-state index < -0.39 is 10.0 Å². The molecule has 1 fully saturated rings. The number of likely N-dealkylation sites (N-methyl/N-ethyl adjacent to an activating group) is 1. The number of rotatable bonds is 4. The Kier molecular flexibility index (Phi) is 7.33. The van der Waals surface area contributed by atoms with Gasteiger partial charge in [0, 0.05) is 33.2 Å². The standard InChI is InChI=1S/C19H22ClN3O3S.ClH/c1-21-10-12-23(13-11-21)19(24)17-14-16(8-9-18(17)20)27(25,26)22(2)15-6-4-3-5-7-15;/h3-9,14H,10-13H2,1-2H3;1H. The maximum absolute atomic E-state index is 13.0. The second-order valence-corrected chi connectivity index (χ2v) is 8.92. The Morgan fingerprint density at radius 2 is 1.64 bits per heavy atom. The second-order valence-electron chi connectivity index (χ2n) is 6.55. The van der Waals surface area contributed by atoms with Gasteiger partial charge in [0.2, 0.25) is 0 Å². The number of halogens is 2. The number of para-hydroxylation sites is 1. The number of carbonyl (C=O) groups is 1. The lowest BCUT2D eigenvalue weighted by molar-refractivity contribution is 0.0664. The fraction of sp³-hybridized carbons (Fsp3) is 0.316. The molecule has 1 amide bonds. The molecule has 28 heavy (non-hydrogen) atoms. The Morgan fingerprint density at radius 3 is 2.25 bits per heavy atom. The van der Waals surface area contributed by atoms with Crippen molar-refractivity contribution in [1.29, 1.82) is 0 Å². The van der Waals surface area contributed by atoms with Crippen molar-refractivity contribution in [2.45, 2.75) is 4.90 Å². The smallest absolute Gasteiger partial charge is 0.264 e. The molecule has 0 spiro atoms. The first-order valence-electron chi connectivity index (χ1n) is 8.62. The molecule has 2 aromatic rings.